The minimum Gasteiger partial charge on any atom is -0.508 e. The van der Waals surface area contributed by atoms with Crippen molar-refractivity contribution in [3.8, 4) is 17.5 Å². The SMILES string of the molecule is Cc1ccc(O)c(C)c1-n1c(N)c(C#N)c2cnc(NC(=O)C3CCCN3)nc21. The number of benzene rings is 1. The number of aromatic nitrogens is 3. The summed E-state index contributed by atoms with van der Waals surface area (Å²) in [4.78, 5) is 21.1. The summed E-state index contributed by atoms with van der Waals surface area (Å²) < 4.78 is 1.63. The van der Waals surface area contributed by atoms with Crippen molar-refractivity contribution in [2.45, 2.75) is 32.7 Å². The summed E-state index contributed by atoms with van der Waals surface area (Å²) in [6.45, 7) is 4.46. The average Bonchev–Trinajstić information content (AvgIpc) is 3.32. The Morgan fingerprint density at radius 3 is 2.93 bits per heavy atom. The Bertz CT molecular complexity index is 1170. The monoisotopic (exact) mass is 391 g/mol. The van der Waals surface area contributed by atoms with Crippen LogP contribution in [0.3, 0.4) is 0 Å². The fourth-order valence-corrected chi connectivity index (χ4v) is 3.76. The van der Waals surface area contributed by atoms with Crippen LogP contribution in [0.1, 0.15) is 29.5 Å². The van der Waals surface area contributed by atoms with Gasteiger partial charge >= 0.3 is 0 Å². The van der Waals surface area contributed by atoms with E-state index in [1.54, 1.807) is 23.6 Å². The van der Waals surface area contributed by atoms with Crippen molar-refractivity contribution in [3.05, 3.63) is 35.0 Å². The Kier molecular flexibility index (Phi) is 4.56. The number of nitriles is 1. The van der Waals surface area contributed by atoms with E-state index in [4.69, 9.17) is 5.73 Å². The van der Waals surface area contributed by atoms with Crippen LogP contribution < -0.4 is 16.4 Å². The van der Waals surface area contributed by atoms with Gasteiger partial charge in [0.2, 0.25) is 11.9 Å². The van der Waals surface area contributed by atoms with Gasteiger partial charge in [-0.2, -0.15) is 10.2 Å². The third-order valence-corrected chi connectivity index (χ3v) is 5.30. The lowest BCUT2D eigenvalue weighted by Crippen LogP contribution is -2.36. The Hall–Kier alpha value is -3.64. The number of nitrogens with zero attached hydrogens (tertiary/aromatic N) is 4. The predicted octanol–water partition coefficient (Wildman–Crippen LogP) is 1.89. The minimum absolute atomic E-state index is 0.111. The molecule has 1 aromatic carbocycles. The van der Waals surface area contributed by atoms with E-state index in [1.807, 2.05) is 6.92 Å². The number of amides is 1. The number of nitrogen functional groups attached to an aromatic ring is 1. The smallest absolute Gasteiger partial charge is 0.243 e. The number of phenolic OH excluding ortho intramolecular Hbond substituents is 1. The average molecular weight is 391 g/mol. The molecule has 9 heteroatoms. The Labute approximate surface area is 167 Å². The normalized spacial score (nSPS) is 16.1. The third-order valence-electron chi connectivity index (χ3n) is 5.30. The molecule has 0 radical (unpaired) electrons. The maximum Gasteiger partial charge on any atom is 0.243 e. The molecule has 148 valence electrons. The zero-order valence-electron chi connectivity index (χ0n) is 16.2. The standard InChI is InChI=1S/C20H21N7O2/c1-10-5-6-15(28)11(2)16(10)27-17(22)12(8-21)13-9-24-20(25-18(13)27)26-19(29)14-4-3-7-23-14/h5-6,9,14,23,28H,3-4,7,22H2,1-2H3,(H,24,25,26,29). The van der Waals surface area contributed by atoms with Crippen LogP contribution >= 0.6 is 0 Å². The molecule has 3 heterocycles. The molecule has 5 N–H and O–H groups in total. The zero-order valence-corrected chi connectivity index (χ0v) is 16.2. The first kappa shape index (κ1) is 18.7. The molecule has 1 atom stereocenters. The fourth-order valence-electron chi connectivity index (χ4n) is 3.76. The molecule has 1 fully saturated rings. The van der Waals surface area contributed by atoms with Crippen LogP contribution in [0.2, 0.25) is 0 Å². The van der Waals surface area contributed by atoms with Crippen molar-refractivity contribution in [2.75, 3.05) is 17.6 Å². The number of hydrogen-bond donors (Lipinski definition) is 4. The summed E-state index contributed by atoms with van der Waals surface area (Å²) in [5, 5.41) is 26.1. The number of hydrogen-bond acceptors (Lipinski definition) is 7. The Morgan fingerprint density at radius 1 is 1.45 bits per heavy atom. The fraction of sp³-hybridized carbons (Fsp3) is 0.300. The molecule has 0 bridgehead atoms. The van der Waals surface area contributed by atoms with Crippen LogP contribution in [0.25, 0.3) is 16.7 Å². The summed E-state index contributed by atoms with van der Waals surface area (Å²) in [5.41, 5.74) is 9.03. The number of nitrogens with two attached hydrogens (primary N) is 1. The molecule has 0 spiro atoms. The highest BCUT2D eigenvalue weighted by Gasteiger charge is 2.25. The van der Waals surface area contributed by atoms with Crippen molar-refractivity contribution in [1.29, 1.82) is 5.26 Å². The molecule has 1 aliphatic rings. The number of rotatable bonds is 3. The number of fused-ring (bicyclic) bond motifs is 1. The number of carbonyl (C=O) groups is 1. The maximum atomic E-state index is 12.4. The van der Waals surface area contributed by atoms with Gasteiger partial charge < -0.3 is 16.2 Å². The summed E-state index contributed by atoms with van der Waals surface area (Å²) in [5.74, 6) is 0.253. The van der Waals surface area contributed by atoms with Gasteiger partial charge in [0.05, 0.1) is 17.1 Å². The van der Waals surface area contributed by atoms with Gasteiger partial charge in [0.1, 0.15) is 23.2 Å². The van der Waals surface area contributed by atoms with E-state index in [-0.39, 0.29) is 35.0 Å². The van der Waals surface area contributed by atoms with Crippen LogP contribution in [0.5, 0.6) is 5.75 Å². The molecule has 0 aliphatic carbocycles. The molecule has 1 aliphatic heterocycles. The highest BCUT2D eigenvalue weighted by atomic mass is 16.3. The van der Waals surface area contributed by atoms with E-state index in [0.29, 0.717) is 22.3 Å². The van der Waals surface area contributed by atoms with Crippen molar-refractivity contribution in [2.24, 2.45) is 0 Å². The van der Waals surface area contributed by atoms with Gasteiger partial charge in [-0.05, 0) is 44.9 Å². The molecule has 2 aromatic heterocycles. The molecule has 1 saturated heterocycles. The number of carbonyl (C=O) groups excluding carboxylic acids is 1. The predicted molar refractivity (Wildman–Crippen MR) is 109 cm³/mol. The van der Waals surface area contributed by atoms with Crippen LogP contribution in [0, 0.1) is 25.2 Å². The quantitative estimate of drug-likeness (QED) is 0.534. The second kappa shape index (κ2) is 7.07. The third kappa shape index (κ3) is 3.03. The van der Waals surface area contributed by atoms with Crippen LogP contribution in [-0.4, -0.2) is 38.1 Å². The molecule has 4 rings (SSSR count). The van der Waals surface area contributed by atoms with Gasteiger partial charge in [0, 0.05) is 11.8 Å². The highest BCUT2D eigenvalue weighted by molar-refractivity contribution is 5.96. The number of phenols is 1. The largest absolute Gasteiger partial charge is 0.508 e. The van der Waals surface area contributed by atoms with Gasteiger partial charge in [-0.25, -0.2) is 4.98 Å². The van der Waals surface area contributed by atoms with Gasteiger partial charge in [-0.3, -0.25) is 14.7 Å². The minimum atomic E-state index is -0.267. The van der Waals surface area contributed by atoms with E-state index in [2.05, 4.69) is 26.7 Å². The van der Waals surface area contributed by atoms with Crippen LogP contribution in [0.4, 0.5) is 11.8 Å². The molecule has 0 saturated carbocycles. The topological polar surface area (TPSA) is 142 Å². The molecule has 29 heavy (non-hydrogen) atoms. The second-order valence-electron chi connectivity index (χ2n) is 7.15. The van der Waals surface area contributed by atoms with Gasteiger partial charge in [-0.1, -0.05) is 6.07 Å². The first-order valence-corrected chi connectivity index (χ1v) is 9.33. The molecular weight excluding hydrogens is 370 g/mol. The lowest BCUT2D eigenvalue weighted by atomic mass is 10.1. The summed E-state index contributed by atoms with van der Waals surface area (Å²) in [6.07, 6.45) is 3.19. The number of nitrogens with one attached hydrogen (secondary N) is 2. The maximum absolute atomic E-state index is 12.4. The molecule has 9 nitrogen and oxygen atoms in total. The Balaban J connectivity index is 1.88. The second-order valence-corrected chi connectivity index (χ2v) is 7.15. The first-order chi connectivity index (χ1) is 13.9. The van der Waals surface area contributed by atoms with E-state index in [9.17, 15) is 15.2 Å². The van der Waals surface area contributed by atoms with Crippen molar-refractivity contribution in [3.63, 3.8) is 0 Å². The highest BCUT2D eigenvalue weighted by Crippen LogP contribution is 2.35. The van der Waals surface area contributed by atoms with Crippen LogP contribution in [-0.2, 0) is 4.79 Å². The van der Waals surface area contributed by atoms with E-state index < -0.39 is 0 Å². The molecule has 1 unspecified atom stereocenters. The molecular formula is C20H21N7O2. The molecule has 3 aromatic rings. The summed E-state index contributed by atoms with van der Waals surface area (Å²) in [7, 11) is 0. The summed E-state index contributed by atoms with van der Waals surface area (Å²) >= 11 is 0. The van der Waals surface area contributed by atoms with Crippen molar-refractivity contribution in [1.82, 2.24) is 19.9 Å². The van der Waals surface area contributed by atoms with E-state index >= 15 is 0 Å². The van der Waals surface area contributed by atoms with Gasteiger partial charge in [0.25, 0.3) is 0 Å². The van der Waals surface area contributed by atoms with E-state index in [1.165, 1.54) is 6.20 Å². The Morgan fingerprint density at radius 2 is 2.24 bits per heavy atom. The van der Waals surface area contributed by atoms with Crippen molar-refractivity contribution >= 4 is 28.7 Å². The number of aryl methyl sites for hydroxylation is 1. The van der Waals surface area contributed by atoms with Gasteiger partial charge in [-0.15, -0.1) is 0 Å². The summed E-state index contributed by atoms with van der Waals surface area (Å²) in [6, 6.07) is 5.21. The number of aromatic hydroxyl groups is 1. The molecule has 1 amide bonds. The van der Waals surface area contributed by atoms with Crippen LogP contribution in [0.15, 0.2) is 18.3 Å². The van der Waals surface area contributed by atoms with Gasteiger partial charge in [0.15, 0.2) is 5.65 Å². The lowest BCUT2D eigenvalue weighted by Gasteiger charge is -2.15. The van der Waals surface area contributed by atoms with E-state index in [0.717, 1.165) is 24.9 Å². The van der Waals surface area contributed by atoms with Crippen molar-refractivity contribution < 1.29 is 9.90 Å². The lowest BCUT2D eigenvalue weighted by molar-refractivity contribution is -0.117. The zero-order chi connectivity index (χ0) is 20.7. The first-order valence-electron chi connectivity index (χ1n) is 9.33. The number of anilines is 2.